The molecule has 0 aliphatic heterocycles. The van der Waals surface area contributed by atoms with Crippen LogP contribution in [0.1, 0.15) is 20.3 Å². The molecule has 0 aliphatic carbocycles. The number of ether oxygens (including phenoxy) is 1. The fraction of sp³-hybridized carbons (Fsp3) is 0.471. The molecule has 0 aliphatic rings. The number of carbonyl (C=O) groups excluding carboxylic acids is 3. The number of rotatable bonds is 10. The molecule has 138 valence electrons. The van der Waals surface area contributed by atoms with Crippen LogP contribution in [0, 0.1) is 5.92 Å². The number of hydrogen-bond donors (Lipinski definition) is 2. The van der Waals surface area contributed by atoms with E-state index in [4.69, 9.17) is 16.3 Å². The van der Waals surface area contributed by atoms with Crippen LogP contribution in [0.3, 0.4) is 0 Å². The first-order valence-corrected chi connectivity index (χ1v) is 9.45. The third-order valence-electron chi connectivity index (χ3n) is 2.99. The van der Waals surface area contributed by atoms with Crippen LogP contribution in [-0.2, 0) is 19.1 Å². The van der Waals surface area contributed by atoms with Gasteiger partial charge in [0.05, 0.1) is 11.5 Å². The average molecular weight is 387 g/mol. The van der Waals surface area contributed by atoms with Gasteiger partial charge in [0.1, 0.15) is 0 Å². The Bertz CT molecular complexity index is 579. The molecule has 1 aromatic carbocycles. The lowest BCUT2D eigenvalue weighted by molar-refractivity contribution is -0.145. The van der Waals surface area contributed by atoms with Crippen molar-refractivity contribution in [1.29, 1.82) is 0 Å². The zero-order chi connectivity index (χ0) is 18.7. The van der Waals surface area contributed by atoms with Gasteiger partial charge in [-0.2, -0.15) is 0 Å². The molecule has 0 atom stereocenters. The van der Waals surface area contributed by atoms with Gasteiger partial charge in [0.15, 0.2) is 6.61 Å². The summed E-state index contributed by atoms with van der Waals surface area (Å²) >= 11 is 6.88. The van der Waals surface area contributed by atoms with E-state index in [2.05, 4.69) is 24.5 Å². The Labute approximate surface area is 157 Å². The van der Waals surface area contributed by atoms with Gasteiger partial charge < -0.3 is 15.4 Å². The van der Waals surface area contributed by atoms with E-state index in [-0.39, 0.29) is 29.9 Å². The smallest absolute Gasteiger partial charge is 0.316 e. The molecular weight excluding hydrogens is 364 g/mol. The van der Waals surface area contributed by atoms with E-state index in [1.165, 1.54) is 0 Å². The topological polar surface area (TPSA) is 84.5 Å². The monoisotopic (exact) mass is 386 g/mol. The lowest BCUT2D eigenvalue weighted by Crippen LogP contribution is -2.30. The number of benzene rings is 1. The molecule has 1 rings (SSSR count). The van der Waals surface area contributed by atoms with Gasteiger partial charge in [0.2, 0.25) is 5.91 Å². The number of esters is 1. The zero-order valence-corrected chi connectivity index (χ0v) is 15.9. The van der Waals surface area contributed by atoms with Crippen molar-refractivity contribution in [3.05, 3.63) is 29.3 Å². The van der Waals surface area contributed by atoms with Crippen molar-refractivity contribution < 1.29 is 19.1 Å². The average Bonchev–Trinajstić information content (AvgIpc) is 2.55. The van der Waals surface area contributed by atoms with E-state index in [0.717, 1.165) is 18.2 Å². The fourth-order valence-corrected chi connectivity index (χ4v) is 2.43. The Morgan fingerprint density at radius 3 is 2.44 bits per heavy atom. The van der Waals surface area contributed by atoms with Crippen LogP contribution >= 0.6 is 23.4 Å². The molecule has 0 spiro atoms. The Morgan fingerprint density at radius 1 is 1.12 bits per heavy atom. The highest BCUT2D eigenvalue weighted by atomic mass is 35.5. The standard InChI is InChI=1S/C17H23ClN2O4S/c1-12(2)7-8-19-15(21)9-24-17(23)11-25-10-16(22)20-14-5-3-13(18)4-6-14/h3-6,12H,7-11H2,1-2H3,(H,19,21)(H,20,22). The minimum atomic E-state index is -0.525. The summed E-state index contributed by atoms with van der Waals surface area (Å²) in [6, 6.07) is 6.73. The molecule has 0 saturated carbocycles. The predicted octanol–water partition coefficient (Wildman–Crippen LogP) is 2.72. The van der Waals surface area contributed by atoms with Gasteiger partial charge in [0, 0.05) is 17.3 Å². The Morgan fingerprint density at radius 2 is 1.80 bits per heavy atom. The second-order valence-electron chi connectivity index (χ2n) is 5.74. The molecular formula is C17H23ClN2O4S. The molecule has 2 amide bonds. The predicted molar refractivity (Wildman–Crippen MR) is 101 cm³/mol. The third kappa shape index (κ3) is 10.7. The van der Waals surface area contributed by atoms with Gasteiger partial charge in [0.25, 0.3) is 5.91 Å². The summed E-state index contributed by atoms with van der Waals surface area (Å²) in [4.78, 5) is 34.7. The van der Waals surface area contributed by atoms with Crippen molar-refractivity contribution in [1.82, 2.24) is 5.32 Å². The third-order valence-corrected chi connectivity index (χ3v) is 4.15. The molecule has 25 heavy (non-hydrogen) atoms. The molecule has 0 fully saturated rings. The van der Waals surface area contributed by atoms with Gasteiger partial charge in [-0.15, -0.1) is 11.8 Å². The van der Waals surface area contributed by atoms with Crippen molar-refractivity contribution in [3.8, 4) is 0 Å². The second kappa shape index (κ2) is 11.8. The lowest BCUT2D eigenvalue weighted by atomic mass is 10.1. The molecule has 2 N–H and O–H groups in total. The normalized spacial score (nSPS) is 10.4. The summed E-state index contributed by atoms with van der Waals surface area (Å²) in [6.07, 6.45) is 0.873. The maximum absolute atomic E-state index is 11.7. The number of anilines is 1. The maximum atomic E-state index is 11.7. The molecule has 8 heteroatoms. The minimum absolute atomic E-state index is 0.00725. The van der Waals surface area contributed by atoms with Crippen LogP contribution in [0.4, 0.5) is 5.69 Å². The van der Waals surface area contributed by atoms with Crippen molar-refractivity contribution in [2.75, 3.05) is 30.0 Å². The van der Waals surface area contributed by atoms with Crippen LogP contribution in [0.25, 0.3) is 0 Å². The highest BCUT2D eigenvalue weighted by molar-refractivity contribution is 8.00. The van der Waals surface area contributed by atoms with Crippen LogP contribution in [0.15, 0.2) is 24.3 Å². The molecule has 0 saturated heterocycles. The molecule has 6 nitrogen and oxygen atoms in total. The Kier molecular flexibility index (Phi) is 10.0. The SMILES string of the molecule is CC(C)CCNC(=O)COC(=O)CSCC(=O)Nc1ccc(Cl)cc1. The van der Waals surface area contributed by atoms with Gasteiger partial charge in [-0.3, -0.25) is 14.4 Å². The molecule has 0 radical (unpaired) electrons. The van der Waals surface area contributed by atoms with Crippen molar-refractivity contribution in [2.24, 2.45) is 5.92 Å². The van der Waals surface area contributed by atoms with E-state index in [1.807, 2.05) is 0 Å². The maximum Gasteiger partial charge on any atom is 0.316 e. The first kappa shape index (κ1) is 21.3. The molecule has 1 aromatic rings. The van der Waals surface area contributed by atoms with E-state index in [1.54, 1.807) is 24.3 Å². The van der Waals surface area contributed by atoms with Crippen LogP contribution in [0.2, 0.25) is 5.02 Å². The first-order valence-electron chi connectivity index (χ1n) is 7.92. The second-order valence-corrected chi connectivity index (χ2v) is 7.16. The summed E-state index contributed by atoms with van der Waals surface area (Å²) in [5.74, 6) is -0.460. The summed E-state index contributed by atoms with van der Waals surface area (Å²) in [5, 5.41) is 5.96. The van der Waals surface area contributed by atoms with Gasteiger partial charge in [-0.25, -0.2) is 0 Å². The van der Waals surface area contributed by atoms with Gasteiger partial charge in [-0.1, -0.05) is 25.4 Å². The highest BCUT2D eigenvalue weighted by Crippen LogP contribution is 2.13. The summed E-state index contributed by atoms with van der Waals surface area (Å²) in [6.45, 7) is 4.39. The number of amides is 2. The van der Waals surface area contributed by atoms with Gasteiger partial charge in [-0.05, 0) is 36.6 Å². The Balaban J connectivity index is 2.12. The molecule has 0 heterocycles. The number of hydrogen-bond acceptors (Lipinski definition) is 5. The van der Waals surface area contributed by atoms with Crippen LogP contribution in [-0.4, -0.2) is 42.4 Å². The number of carbonyl (C=O) groups is 3. The number of halogens is 1. The summed E-state index contributed by atoms with van der Waals surface area (Å²) in [7, 11) is 0. The van der Waals surface area contributed by atoms with Crippen molar-refractivity contribution >= 4 is 46.8 Å². The zero-order valence-electron chi connectivity index (χ0n) is 14.3. The quantitative estimate of drug-likeness (QED) is 0.604. The van der Waals surface area contributed by atoms with Crippen molar-refractivity contribution in [3.63, 3.8) is 0 Å². The highest BCUT2D eigenvalue weighted by Gasteiger charge is 2.09. The summed E-state index contributed by atoms with van der Waals surface area (Å²) in [5.41, 5.74) is 0.635. The van der Waals surface area contributed by atoms with Crippen LogP contribution < -0.4 is 10.6 Å². The number of nitrogens with one attached hydrogen (secondary N) is 2. The van der Waals surface area contributed by atoms with E-state index in [0.29, 0.717) is 23.2 Å². The summed E-state index contributed by atoms with van der Waals surface area (Å²) < 4.78 is 4.86. The largest absolute Gasteiger partial charge is 0.455 e. The van der Waals surface area contributed by atoms with E-state index in [9.17, 15) is 14.4 Å². The fourth-order valence-electron chi connectivity index (χ4n) is 1.70. The lowest BCUT2D eigenvalue weighted by Gasteiger charge is -2.08. The first-order chi connectivity index (χ1) is 11.9. The van der Waals surface area contributed by atoms with E-state index < -0.39 is 5.97 Å². The molecule has 0 bridgehead atoms. The van der Waals surface area contributed by atoms with Crippen LogP contribution in [0.5, 0.6) is 0 Å². The minimum Gasteiger partial charge on any atom is -0.455 e. The molecule has 0 unspecified atom stereocenters. The molecule has 0 aromatic heterocycles. The van der Waals surface area contributed by atoms with E-state index >= 15 is 0 Å². The Hall–Kier alpha value is -1.73. The van der Waals surface area contributed by atoms with Crippen molar-refractivity contribution in [2.45, 2.75) is 20.3 Å². The number of thioether (sulfide) groups is 1. The van der Waals surface area contributed by atoms with Gasteiger partial charge >= 0.3 is 5.97 Å².